The normalized spacial score (nSPS) is 15.0. The van der Waals surface area contributed by atoms with Gasteiger partial charge in [-0.1, -0.05) is 6.07 Å². The summed E-state index contributed by atoms with van der Waals surface area (Å²) in [4.78, 5) is 9.06. The van der Waals surface area contributed by atoms with Crippen LogP contribution < -0.4 is 15.4 Å². The number of pyridine rings is 1. The van der Waals surface area contributed by atoms with E-state index in [0.717, 1.165) is 49.1 Å². The van der Waals surface area contributed by atoms with Crippen LogP contribution in [0.5, 0.6) is 5.88 Å². The lowest BCUT2D eigenvalue weighted by atomic mass is 10.2. The molecular weight excluding hydrogens is 435 g/mol. The maximum absolute atomic E-state index is 6.07. The van der Waals surface area contributed by atoms with Crippen molar-refractivity contribution >= 4 is 41.7 Å². The lowest BCUT2D eigenvalue weighted by molar-refractivity contribution is 0.199. The molecule has 0 radical (unpaired) electrons. The average Bonchev–Trinajstić information content (AvgIpc) is 3.07. The minimum Gasteiger partial charge on any atom is -0.474 e. The number of aromatic nitrogens is 1. The molecule has 0 aromatic carbocycles. The molecule has 5 nitrogen and oxygen atoms in total. The van der Waals surface area contributed by atoms with Crippen molar-refractivity contribution in [1.82, 2.24) is 15.6 Å². The average molecular weight is 464 g/mol. The summed E-state index contributed by atoms with van der Waals surface area (Å²) >= 11 is 1.82. The molecule has 2 rings (SSSR count). The van der Waals surface area contributed by atoms with Crippen molar-refractivity contribution in [2.45, 2.75) is 45.3 Å². The Balaban J connectivity index is 0.00000288. The molecule has 1 aromatic heterocycles. The Morgan fingerprint density at radius 2 is 2.17 bits per heavy atom. The van der Waals surface area contributed by atoms with E-state index in [-0.39, 0.29) is 24.0 Å². The molecule has 2 N–H and O–H groups in total. The Morgan fingerprint density at radius 1 is 1.38 bits per heavy atom. The topological polar surface area (TPSA) is 58.5 Å². The van der Waals surface area contributed by atoms with Gasteiger partial charge in [0.05, 0.1) is 6.54 Å². The van der Waals surface area contributed by atoms with E-state index < -0.39 is 0 Å². The summed E-state index contributed by atoms with van der Waals surface area (Å²) < 4.78 is 6.07. The van der Waals surface area contributed by atoms with Crippen LogP contribution in [-0.4, -0.2) is 42.1 Å². The smallest absolute Gasteiger partial charge is 0.218 e. The molecular formula is C17H29IN4OS. The molecule has 0 saturated heterocycles. The van der Waals surface area contributed by atoms with Crippen molar-refractivity contribution < 1.29 is 4.74 Å². The van der Waals surface area contributed by atoms with Crippen LogP contribution in [-0.2, 0) is 6.54 Å². The molecule has 1 aliphatic rings. The monoisotopic (exact) mass is 464 g/mol. The van der Waals surface area contributed by atoms with Gasteiger partial charge in [-0.2, -0.15) is 11.8 Å². The van der Waals surface area contributed by atoms with E-state index in [1.165, 1.54) is 12.8 Å². The molecule has 1 saturated carbocycles. The van der Waals surface area contributed by atoms with Gasteiger partial charge in [-0.3, -0.25) is 0 Å². The van der Waals surface area contributed by atoms with Crippen LogP contribution in [0, 0.1) is 0 Å². The lowest BCUT2D eigenvalue weighted by Gasteiger charge is -2.15. The Morgan fingerprint density at radius 3 is 2.88 bits per heavy atom. The number of halogens is 1. The molecule has 24 heavy (non-hydrogen) atoms. The number of hydrogen-bond acceptors (Lipinski definition) is 4. The summed E-state index contributed by atoms with van der Waals surface area (Å²) in [6.07, 6.45) is 9.01. The molecule has 0 aliphatic heterocycles. The lowest BCUT2D eigenvalue weighted by Crippen LogP contribution is -2.38. The summed E-state index contributed by atoms with van der Waals surface area (Å²) in [5.41, 5.74) is 1.04. The number of ether oxygens (including phenoxy) is 1. The molecule has 0 unspecified atom stereocenters. The molecule has 0 amide bonds. The minimum atomic E-state index is 0. The molecule has 0 spiro atoms. The molecule has 136 valence electrons. The third-order valence-corrected chi connectivity index (χ3v) is 4.39. The fraction of sp³-hybridized carbons (Fsp3) is 0.647. The van der Waals surface area contributed by atoms with Crippen molar-refractivity contribution in [3.63, 3.8) is 0 Å². The van der Waals surface area contributed by atoms with E-state index in [2.05, 4.69) is 33.8 Å². The van der Waals surface area contributed by atoms with Gasteiger partial charge < -0.3 is 15.4 Å². The van der Waals surface area contributed by atoms with E-state index in [0.29, 0.717) is 12.6 Å². The third kappa shape index (κ3) is 7.46. The molecule has 0 atom stereocenters. The minimum absolute atomic E-state index is 0. The third-order valence-electron chi connectivity index (χ3n) is 3.78. The van der Waals surface area contributed by atoms with Crippen molar-refractivity contribution in [2.75, 3.05) is 25.1 Å². The number of thioether (sulfide) groups is 1. The largest absolute Gasteiger partial charge is 0.474 e. The number of hydrogen-bond donors (Lipinski definition) is 2. The first-order valence-electron chi connectivity index (χ1n) is 8.45. The van der Waals surface area contributed by atoms with Gasteiger partial charge >= 0.3 is 0 Å². The maximum Gasteiger partial charge on any atom is 0.218 e. The van der Waals surface area contributed by atoms with Gasteiger partial charge in [0.1, 0.15) is 6.10 Å². The first-order valence-corrected chi connectivity index (χ1v) is 9.84. The van der Waals surface area contributed by atoms with Crippen LogP contribution in [0.1, 0.15) is 38.2 Å². The van der Waals surface area contributed by atoms with Gasteiger partial charge in [0, 0.05) is 30.6 Å². The second-order valence-corrected chi connectivity index (χ2v) is 6.59. The Labute approximate surface area is 166 Å². The number of nitrogens with one attached hydrogen (secondary N) is 2. The molecule has 1 fully saturated rings. The van der Waals surface area contributed by atoms with Gasteiger partial charge in [-0.25, -0.2) is 9.98 Å². The van der Waals surface area contributed by atoms with Gasteiger partial charge in [0.25, 0.3) is 0 Å². The van der Waals surface area contributed by atoms with E-state index >= 15 is 0 Å². The van der Waals surface area contributed by atoms with Crippen LogP contribution in [0.4, 0.5) is 0 Å². The molecule has 1 aliphatic carbocycles. The zero-order valence-electron chi connectivity index (χ0n) is 14.6. The number of rotatable bonds is 8. The highest BCUT2D eigenvalue weighted by Crippen LogP contribution is 2.25. The van der Waals surface area contributed by atoms with Crippen LogP contribution in [0.15, 0.2) is 23.3 Å². The highest BCUT2D eigenvalue weighted by atomic mass is 127. The van der Waals surface area contributed by atoms with Crippen molar-refractivity contribution in [3.05, 3.63) is 23.9 Å². The fourth-order valence-corrected chi connectivity index (χ4v) is 2.90. The van der Waals surface area contributed by atoms with E-state index in [1.807, 2.05) is 23.9 Å². The summed E-state index contributed by atoms with van der Waals surface area (Å²) in [5.74, 6) is 2.65. The number of aliphatic imine (C=N–C) groups is 1. The fourth-order valence-electron chi connectivity index (χ4n) is 2.59. The van der Waals surface area contributed by atoms with Crippen LogP contribution in [0.2, 0.25) is 0 Å². The number of nitrogens with zero attached hydrogens (tertiary/aromatic N) is 2. The predicted octanol–water partition coefficient (Wildman–Crippen LogP) is 3.44. The Hall–Kier alpha value is -0.700. The molecule has 7 heteroatoms. The van der Waals surface area contributed by atoms with Gasteiger partial charge in [-0.15, -0.1) is 24.0 Å². The van der Waals surface area contributed by atoms with Crippen molar-refractivity contribution in [1.29, 1.82) is 0 Å². The first kappa shape index (κ1) is 21.3. The van der Waals surface area contributed by atoms with E-state index in [1.54, 1.807) is 6.20 Å². The van der Waals surface area contributed by atoms with Crippen molar-refractivity contribution in [3.8, 4) is 5.88 Å². The van der Waals surface area contributed by atoms with Gasteiger partial charge in [0.2, 0.25) is 5.88 Å². The molecule has 1 aromatic rings. The van der Waals surface area contributed by atoms with Crippen molar-refractivity contribution in [2.24, 2.45) is 4.99 Å². The SMILES string of the molecule is CCNC(=NCc1cccnc1OC1CCCC1)NCCSC.I. The first-order chi connectivity index (χ1) is 11.3. The highest BCUT2D eigenvalue weighted by Gasteiger charge is 2.18. The number of guanidine groups is 1. The summed E-state index contributed by atoms with van der Waals surface area (Å²) in [7, 11) is 0. The zero-order valence-corrected chi connectivity index (χ0v) is 17.7. The Kier molecular flexibility index (Phi) is 11.2. The van der Waals surface area contributed by atoms with E-state index in [4.69, 9.17) is 4.74 Å². The van der Waals surface area contributed by atoms with Gasteiger partial charge in [0.15, 0.2) is 5.96 Å². The summed E-state index contributed by atoms with van der Waals surface area (Å²) in [6.45, 7) is 4.41. The second kappa shape index (κ2) is 12.6. The quantitative estimate of drug-likeness (QED) is 0.267. The van der Waals surface area contributed by atoms with Gasteiger partial charge in [-0.05, 0) is 44.9 Å². The standard InChI is InChI=1S/C17H28N4OS.HI/c1-3-18-17(20-11-12-23-2)21-13-14-7-6-10-19-16(14)22-15-8-4-5-9-15;/h6-7,10,15H,3-5,8-9,11-13H2,1-2H3,(H2,18,20,21);1H. The van der Waals surface area contributed by atoms with Crippen LogP contribution >= 0.6 is 35.7 Å². The highest BCUT2D eigenvalue weighted by molar-refractivity contribution is 14.0. The van der Waals surface area contributed by atoms with Crippen LogP contribution in [0.25, 0.3) is 0 Å². The maximum atomic E-state index is 6.07. The predicted molar refractivity (Wildman–Crippen MR) is 114 cm³/mol. The summed E-state index contributed by atoms with van der Waals surface area (Å²) in [5, 5.41) is 6.61. The van der Waals surface area contributed by atoms with E-state index in [9.17, 15) is 0 Å². The van der Waals surface area contributed by atoms with Crippen LogP contribution in [0.3, 0.4) is 0 Å². The molecule has 1 heterocycles. The Bertz CT molecular complexity index is 495. The molecule has 0 bridgehead atoms. The second-order valence-electron chi connectivity index (χ2n) is 5.61. The summed E-state index contributed by atoms with van der Waals surface area (Å²) in [6, 6.07) is 3.99. The zero-order chi connectivity index (χ0) is 16.3.